The molecule has 2 saturated carbocycles. The maximum absolute atomic E-state index is 10.5. The average Bonchev–Trinajstić information content (AvgIpc) is 3.04. The molecule has 0 radical (unpaired) electrons. The Bertz CT molecular complexity index is 329. The molecule has 0 bridgehead atoms. The molecule has 0 unspecified atom stereocenters. The van der Waals surface area contributed by atoms with Gasteiger partial charge >= 0.3 is 0 Å². The van der Waals surface area contributed by atoms with Crippen LogP contribution in [0.2, 0.25) is 0 Å². The SMILES string of the molecule is CC1(C)CCC(O)(CNCC2(CC#N)CC2)CC1. The summed E-state index contributed by atoms with van der Waals surface area (Å²) in [5, 5.41) is 22.7. The highest BCUT2D eigenvalue weighted by molar-refractivity contribution is 5.01. The summed E-state index contributed by atoms with van der Waals surface area (Å²) in [7, 11) is 0. The first-order valence-corrected chi connectivity index (χ1v) is 7.19. The van der Waals surface area contributed by atoms with E-state index in [4.69, 9.17) is 5.26 Å². The van der Waals surface area contributed by atoms with E-state index in [0.29, 0.717) is 18.4 Å². The highest BCUT2D eigenvalue weighted by atomic mass is 16.3. The van der Waals surface area contributed by atoms with Crippen LogP contribution in [0.3, 0.4) is 0 Å². The van der Waals surface area contributed by atoms with Gasteiger partial charge in [0.05, 0.1) is 11.7 Å². The van der Waals surface area contributed by atoms with Gasteiger partial charge in [-0.2, -0.15) is 5.26 Å². The maximum Gasteiger partial charge on any atom is 0.0772 e. The van der Waals surface area contributed by atoms with E-state index >= 15 is 0 Å². The molecule has 2 rings (SSSR count). The molecule has 0 heterocycles. The van der Waals surface area contributed by atoms with E-state index in [-0.39, 0.29) is 5.41 Å². The van der Waals surface area contributed by atoms with Crippen LogP contribution in [-0.4, -0.2) is 23.8 Å². The Balaban J connectivity index is 1.72. The van der Waals surface area contributed by atoms with E-state index in [1.54, 1.807) is 0 Å². The summed E-state index contributed by atoms with van der Waals surface area (Å²) < 4.78 is 0. The number of hydrogen-bond donors (Lipinski definition) is 2. The Kier molecular flexibility index (Phi) is 3.71. The predicted molar refractivity (Wildman–Crippen MR) is 72.0 cm³/mol. The van der Waals surface area contributed by atoms with Crippen molar-refractivity contribution in [2.24, 2.45) is 10.8 Å². The van der Waals surface area contributed by atoms with Crippen molar-refractivity contribution in [2.75, 3.05) is 13.1 Å². The zero-order valence-electron chi connectivity index (χ0n) is 11.8. The highest BCUT2D eigenvalue weighted by Gasteiger charge is 2.43. The molecule has 18 heavy (non-hydrogen) atoms. The lowest BCUT2D eigenvalue weighted by Crippen LogP contribution is -2.46. The van der Waals surface area contributed by atoms with Gasteiger partial charge in [-0.1, -0.05) is 13.8 Å². The van der Waals surface area contributed by atoms with E-state index < -0.39 is 5.60 Å². The van der Waals surface area contributed by atoms with E-state index in [1.165, 1.54) is 12.8 Å². The fourth-order valence-corrected chi connectivity index (χ4v) is 2.89. The van der Waals surface area contributed by atoms with Crippen LogP contribution in [0.15, 0.2) is 0 Å². The van der Waals surface area contributed by atoms with Crippen molar-refractivity contribution in [1.82, 2.24) is 5.32 Å². The molecule has 3 heteroatoms. The quantitative estimate of drug-likeness (QED) is 0.788. The maximum atomic E-state index is 10.5. The van der Waals surface area contributed by atoms with Crippen LogP contribution in [0.4, 0.5) is 0 Å². The van der Waals surface area contributed by atoms with Crippen molar-refractivity contribution in [3.63, 3.8) is 0 Å². The lowest BCUT2D eigenvalue weighted by Gasteiger charge is -2.40. The molecule has 0 saturated heterocycles. The normalized spacial score (nSPS) is 27.4. The van der Waals surface area contributed by atoms with Gasteiger partial charge in [0.1, 0.15) is 0 Å². The second-order valence-electron chi connectivity index (χ2n) is 7.33. The summed E-state index contributed by atoms with van der Waals surface area (Å²) in [6.45, 7) is 6.15. The first kappa shape index (κ1) is 13.8. The number of nitrogens with one attached hydrogen (secondary N) is 1. The number of rotatable bonds is 5. The predicted octanol–water partition coefficient (Wildman–Crippen LogP) is 2.60. The lowest BCUT2D eigenvalue weighted by atomic mass is 9.71. The molecule has 2 fully saturated rings. The van der Waals surface area contributed by atoms with Crippen molar-refractivity contribution in [3.05, 3.63) is 0 Å². The Morgan fingerprint density at radius 3 is 2.17 bits per heavy atom. The number of hydrogen-bond acceptors (Lipinski definition) is 3. The van der Waals surface area contributed by atoms with Crippen molar-refractivity contribution in [2.45, 2.75) is 64.4 Å². The minimum absolute atomic E-state index is 0.235. The Labute approximate surface area is 111 Å². The summed E-state index contributed by atoms with van der Waals surface area (Å²) in [5.41, 5.74) is 0.113. The Hall–Kier alpha value is -0.590. The zero-order valence-corrected chi connectivity index (χ0v) is 11.8. The third-order valence-corrected chi connectivity index (χ3v) is 4.90. The minimum Gasteiger partial charge on any atom is -0.389 e. The van der Waals surface area contributed by atoms with Crippen molar-refractivity contribution in [3.8, 4) is 6.07 Å². The molecule has 0 spiro atoms. The molecule has 102 valence electrons. The molecule has 0 atom stereocenters. The largest absolute Gasteiger partial charge is 0.389 e. The van der Waals surface area contributed by atoms with Gasteiger partial charge in [0.2, 0.25) is 0 Å². The molecule has 0 amide bonds. The molecule has 0 aromatic heterocycles. The van der Waals surface area contributed by atoms with E-state index in [0.717, 1.165) is 32.2 Å². The van der Waals surface area contributed by atoms with Crippen molar-refractivity contribution >= 4 is 0 Å². The van der Waals surface area contributed by atoms with Crippen LogP contribution < -0.4 is 5.32 Å². The number of nitrogens with zero attached hydrogens (tertiary/aromatic N) is 1. The first-order chi connectivity index (χ1) is 8.39. The van der Waals surface area contributed by atoms with Gasteiger partial charge in [0.25, 0.3) is 0 Å². The zero-order chi connectivity index (χ0) is 13.3. The Morgan fingerprint density at radius 2 is 1.67 bits per heavy atom. The molecule has 0 aliphatic heterocycles. The number of aliphatic hydroxyl groups is 1. The third kappa shape index (κ3) is 3.46. The minimum atomic E-state index is -0.516. The van der Waals surface area contributed by atoms with Gasteiger partial charge in [0, 0.05) is 19.5 Å². The smallest absolute Gasteiger partial charge is 0.0772 e. The number of nitriles is 1. The fraction of sp³-hybridized carbons (Fsp3) is 0.933. The molecule has 0 aromatic carbocycles. The van der Waals surface area contributed by atoms with Crippen LogP contribution in [0.25, 0.3) is 0 Å². The molecular formula is C15H26N2O. The highest BCUT2D eigenvalue weighted by Crippen LogP contribution is 2.48. The average molecular weight is 250 g/mol. The fourth-order valence-electron chi connectivity index (χ4n) is 2.89. The molecule has 2 aliphatic carbocycles. The van der Waals surface area contributed by atoms with Crippen molar-refractivity contribution in [1.29, 1.82) is 5.26 Å². The standard InChI is InChI=1S/C15H26N2O/c1-13(2)3-7-15(18,8-4-13)12-17-11-14(5-6-14)9-10-16/h17-18H,3-9,11-12H2,1-2H3. The topological polar surface area (TPSA) is 56.0 Å². The third-order valence-electron chi connectivity index (χ3n) is 4.90. The summed E-state index contributed by atoms with van der Waals surface area (Å²) >= 11 is 0. The summed E-state index contributed by atoms with van der Waals surface area (Å²) in [4.78, 5) is 0. The summed E-state index contributed by atoms with van der Waals surface area (Å²) in [5.74, 6) is 0. The van der Waals surface area contributed by atoms with Gasteiger partial charge in [0.15, 0.2) is 0 Å². The summed E-state index contributed by atoms with van der Waals surface area (Å²) in [6, 6.07) is 2.28. The van der Waals surface area contributed by atoms with E-state index in [9.17, 15) is 5.11 Å². The summed E-state index contributed by atoms with van der Waals surface area (Å²) in [6.07, 6.45) is 7.00. The van der Waals surface area contributed by atoms with Crippen molar-refractivity contribution < 1.29 is 5.11 Å². The molecule has 2 aliphatic rings. The molecule has 3 nitrogen and oxygen atoms in total. The van der Waals surface area contributed by atoms with Crippen LogP contribution in [0.5, 0.6) is 0 Å². The van der Waals surface area contributed by atoms with Gasteiger partial charge in [-0.15, -0.1) is 0 Å². The molecule has 0 aromatic rings. The second-order valence-corrected chi connectivity index (χ2v) is 7.33. The van der Waals surface area contributed by atoms with Gasteiger partial charge in [-0.3, -0.25) is 0 Å². The van der Waals surface area contributed by atoms with E-state index in [1.807, 2.05) is 0 Å². The second kappa shape index (κ2) is 4.83. The van der Waals surface area contributed by atoms with Gasteiger partial charge in [-0.05, 0) is 49.4 Å². The lowest BCUT2D eigenvalue weighted by molar-refractivity contribution is -0.0248. The van der Waals surface area contributed by atoms with Gasteiger partial charge < -0.3 is 10.4 Å². The van der Waals surface area contributed by atoms with Crippen LogP contribution >= 0.6 is 0 Å². The molecular weight excluding hydrogens is 224 g/mol. The Morgan fingerprint density at radius 1 is 1.06 bits per heavy atom. The monoisotopic (exact) mass is 250 g/mol. The van der Waals surface area contributed by atoms with Crippen LogP contribution in [0, 0.1) is 22.2 Å². The van der Waals surface area contributed by atoms with Crippen LogP contribution in [0.1, 0.15) is 58.8 Å². The molecule has 2 N–H and O–H groups in total. The van der Waals surface area contributed by atoms with Crippen LogP contribution in [-0.2, 0) is 0 Å². The van der Waals surface area contributed by atoms with E-state index in [2.05, 4.69) is 25.2 Å². The first-order valence-electron chi connectivity index (χ1n) is 7.19. The van der Waals surface area contributed by atoms with Gasteiger partial charge in [-0.25, -0.2) is 0 Å².